The molecule has 0 radical (unpaired) electrons. The average Bonchev–Trinajstić information content (AvgIpc) is 3.19. The molecule has 0 saturated heterocycles. The Labute approximate surface area is 246 Å². The van der Waals surface area contributed by atoms with Crippen molar-refractivity contribution in [1.82, 2.24) is 9.88 Å². The molecule has 0 spiro atoms. The standard InChI is InChI=1S/C31H42N4O7/c1-19-18-34(25-16-31(5,6)17-26(36)28(19)25)21-9-12-24(35(39)40)23(15-21)33-20-7-10-22(11-8-20)41-27(37)13-14-32-29(38)42-30(2,3)4/h9,12,15,18,20,22,33H,7-8,10-11,13-14,16-17H2,1-6H3,(H,32,38). The minimum Gasteiger partial charge on any atom is -0.462 e. The van der Waals surface area contributed by atoms with Gasteiger partial charge in [-0.1, -0.05) is 13.8 Å². The summed E-state index contributed by atoms with van der Waals surface area (Å²) < 4.78 is 12.7. The number of ketones is 1. The van der Waals surface area contributed by atoms with Gasteiger partial charge in [-0.25, -0.2) is 4.79 Å². The maximum Gasteiger partial charge on any atom is 0.407 e. The van der Waals surface area contributed by atoms with Gasteiger partial charge in [-0.2, -0.15) is 0 Å². The summed E-state index contributed by atoms with van der Waals surface area (Å²) in [5.41, 5.74) is 3.01. The fourth-order valence-corrected chi connectivity index (χ4v) is 5.83. The summed E-state index contributed by atoms with van der Waals surface area (Å²) in [6.45, 7) is 11.5. The van der Waals surface area contributed by atoms with Crippen molar-refractivity contribution in [1.29, 1.82) is 0 Å². The number of fused-ring (bicyclic) bond motifs is 1. The number of aryl methyl sites for hydroxylation is 1. The van der Waals surface area contributed by atoms with Gasteiger partial charge < -0.3 is 24.7 Å². The van der Waals surface area contributed by atoms with Crippen molar-refractivity contribution in [3.05, 3.63) is 51.3 Å². The lowest BCUT2D eigenvalue weighted by Gasteiger charge is -2.30. The van der Waals surface area contributed by atoms with E-state index in [0.29, 0.717) is 37.8 Å². The average molecular weight is 583 g/mol. The lowest BCUT2D eigenvalue weighted by atomic mass is 9.75. The molecule has 1 heterocycles. The molecule has 2 aliphatic rings. The number of hydrogen-bond acceptors (Lipinski definition) is 8. The summed E-state index contributed by atoms with van der Waals surface area (Å²) in [5, 5.41) is 17.8. The van der Waals surface area contributed by atoms with Crippen LogP contribution in [-0.2, 0) is 20.7 Å². The zero-order valence-corrected chi connectivity index (χ0v) is 25.4. The van der Waals surface area contributed by atoms with Gasteiger partial charge in [-0.05, 0) is 82.9 Å². The third-order valence-electron chi connectivity index (χ3n) is 7.64. The molecule has 2 aliphatic carbocycles. The smallest absolute Gasteiger partial charge is 0.407 e. The molecular weight excluding hydrogens is 540 g/mol. The van der Waals surface area contributed by atoms with E-state index in [1.165, 1.54) is 6.07 Å². The van der Waals surface area contributed by atoms with E-state index in [0.717, 1.165) is 28.9 Å². The number of nitrogens with zero attached hydrogens (tertiary/aromatic N) is 2. The molecule has 0 aliphatic heterocycles. The minimum atomic E-state index is -0.614. The number of benzene rings is 1. The highest BCUT2D eigenvalue weighted by atomic mass is 16.6. The fraction of sp³-hybridized carbons (Fsp3) is 0.581. The molecule has 0 bridgehead atoms. The first-order valence-electron chi connectivity index (χ1n) is 14.6. The summed E-state index contributed by atoms with van der Waals surface area (Å²) in [6.07, 6.45) is 5.00. The van der Waals surface area contributed by atoms with Crippen LogP contribution in [0.15, 0.2) is 24.4 Å². The van der Waals surface area contributed by atoms with E-state index in [1.54, 1.807) is 32.9 Å². The van der Waals surface area contributed by atoms with Gasteiger partial charge in [0.1, 0.15) is 17.4 Å². The molecule has 1 saturated carbocycles. The minimum absolute atomic E-state index is 0.0149. The maximum absolute atomic E-state index is 12.9. The van der Waals surface area contributed by atoms with Crippen LogP contribution in [0, 0.1) is 22.5 Å². The van der Waals surface area contributed by atoms with Crippen molar-refractivity contribution < 1.29 is 28.8 Å². The predicted molar refractivity (Wildman–Crippen MR) is 158 cm³/mol. The molecule has 228 valence electrons. The lowest BCUT2D eigenvalue weighted by Crippen LogP contribution is -2.34. The third-order valence-corrected chi connectivity index (χ3v) is 7.64. The largest absolute Gasteiger partial charge is 0.462 e. The summed E-state index contributed by atoms with van der Waals surface area (Å²) in [6, 6.07) is 4.99. The van der Waals surface area contributed by atoms with Crippen molar-refractivity contribution in [3.63, 3.8) is 0 Å². The Morgan fingerprint density at radius 2 is 1.83 bits per heavy atom. The van der Waals surface area contributed by atoms with Crippen LogP contribution in [0.3, 0.4) is 0 Å². The number of Topliss-reactive ketones (excluding diaryl/α,β-unsaturated/α-hetero) is 1. The van der Waals surface area contributed by atoms with E-state index >= 15 is 0 Å². The molecule has 11 nitrogen and oxygen atoms in total. The molecule has 2 aromatic rings. The Morgan fingerprint density at radius 1 is 1.14 bits per heavy atom. The summed E-state index contributed by atoms with van der Waals surface area (Å²) in [4.78, 5) is 48.4. The highest BCUT2D eigenvalue weighted by Gasteiger charge is 2.35. The number of nitro benzene ring substituents is 1. The predicted octanol–water partition coefficient (Wildman–Crippen LogP) is 6.03. The Balaban J connectivity index is 1.37. The van der Waals surface area contributed by atoms with Crippen LogP contribution in [0.5, 0.6) is 0 Å². The van der Waals surface area contributed by atoms with Crippen LogP contribution in [0.4, 0.5) is 16.2 Å². The molecule has 42 heavy (non-hydrogen) atoms. The zero-order valence-electron chi connectivity index (χ0n) is 25.4. The molecule has 1 aromatic carbocycles. The first-order valence-corrected chi connectivity index (χ1v) is 14.6. The van der Waals surface area contributed by atoms with E-state index < -0.39 is 22.6 Å². The van der Waals surface area contributed by atoms with Crippen molar-refractivity contribution in [2.45, 2.75) is 104 Å². The van der Waals surface area contributed by atoms with E-state index in [2.05, 4.69) is 24.5 Å². The second kappa shape index (κ2) is 12.1. The number of ether oxygens (including phenoxy) is 2. The Hall–Kier alpha value is -3.89. The Bertz CT molecular complexity index is 1360. The second-order valence-corrected chi connectivity index (χ2v) is 13.2. The monoisotopic (exact) mass is 582 g/mol. The van der Waals surface area contributed by atoms with Gasteiger partial charge in [-0.3, -0.25) is 19.7 Å². The van der Waals surface area contributed by atoms with Crippen LogP contribution in [0.1, 0.15) is 94.8 Å². The van der Waals surface area contributed by atoms with E-state index in [-0.39, 0.29) is 42.0 Å². The van der Waals surface area contributed by atoms with Gasteiger partial charge >= 0.3 is 12.1 Å². The van der Waals surface area contributed by atoms with Crippen molar-refractivity contribution >= 4 is 29.2 Å². The van der Waals surface area contributed by atoms with Crippen molar-refractivity contribution in [3.8, 4) is 5.69 Å². The van der Waals surface area contributed by atoms with Gasteiger partial charge in [0.25, 0.3) is 5.69 Å². The molecular formula is C31H42N4O7. The number of alkyl carbamates (subject to hydrolysis) is 1. The summed E-state index contributed by atoms with van der Waals surface area (Å²) in [7, 11) is 0. The van der Waals surface area contributed by atoms with E-state index in [9.17, 15) is 24.5 Å². The second-order valence-electron chi connectivity index (χ2n) is 13.2. The first-order chi connectivity index (χ1) is 19.6. The quantitative estimate of drug-likeness (QED) is 0.218. The zero-order chi connectivity index (χ0) is 30.8. The number of rotatable bonds is 8. The number of anilines is 1. The van der Waals surface area contributed by atoms with Crippen LogP contribution >= 0.6 is 0 Å². The SMILES string of the molecule is Cc1cn(-c2ccc([N+](=O)[O-])c(NC3CCC(OC(=O)CCNC(=O)OC(C)(C)C)CC3)c2)c2c1C(=O)CC(C)(C)C2. The van der Waals surface area contributed by atoms with Crippen molar-refractivity contribution in [2.24, 2.45) is 5.41 Å². The molecule has 1 amide bonds. The highest BCUT2D eigenvalue weighted by molar-refractivity contribution is 6.00. The third kappa shape index (κ3) is 7.68. The van der Waals surface area contributed by atoms with Crippen LogP contribution < -0.4 is 10.6 Å². The Kier molecular flexibility index (Phi) is 8.98. The highest BCUT2D eigenvalue weighted by Crippen LogP contribution is 2.39. The molecule has 2 N–H and O–H groups in total. The molecule has 1 aromatic heterocycles. The van der Waals surface area contributed by atoms with Gasteiger partial charge in [0, 0.05) is 48.2 Å². The molecule has 4 rings (SSSR count). The lowest BCUT2D eigenvalue weighted by molar-refractivity contribution is -0.384. The van der Waals surface area contributed by atoms with Crippen molar-refractivity contribution in [2.75, 3.05) is 11.9 Å². The number of nitro groups is 1. The maximum atomic E-state index is 12.9. The number of hydrogen-bond donors (Lipinski definition) is 2. The fourth-order valence-electron chi connectivity index (χ4n) is 5.83. The van der Waals surface area contributed by atoms with E-state index in [4.69, 9.17) is 9.47 Å². The van der Waals surface area contributed by atoms with Crippen LogP contribution in [0.25, 0.3) is 5.69 Å². The molecule has 11 heteroatoms. The first kappa shape index (κ1) is 31.1. The normalized spacial score (nSPS) is 19.9. The van der Waals surface area contributed by atoms with Gasteiger partial charge in [0.05, 0.1) is 11.3 Å². The number of amides is 1. The van der Waals surface area contributed by atoms with Crippen LogP contribution in [0.2, 0.25) is 0 Å². The topological polar surface area (TPSA) is 142 Å². The summed E-state index contributed by atoms with van der Waals surface area (Å²) in [5.74, 6) is -0.257. The molecule has 1 fully saturated rings. The number of carbonyl (C=O) groups is 3. The van der Waals surface area contributed by atoms with Gasteiger partial charge in [0.15, 0.2) is 5.78 Å². The number of carbonyl (C=O) groups excluding carboxylic acids is 3. The molecule has 0 unspecified atom stereocenters. The molecule has 0 atom stereocenters. The van der Waals surface area contributed by atoms with E-state index in [1.807, 2.05) is 17.7 Å². The van der Waals surface area contributed by atoms with Gasteiger partial charge in [0.2, 0.25) is 0 Å². The van der Waals surface area contributed by atoms with Crippen LogP contribution in [-0.4, -0.2) is 51.6 Å². The number of nitrogens with one attached hydrogen (secondary N) is 2. The number of esters is 1. The Morgan fingerprint density at radius 3 is 2.48 bits per heavy atom. The number of aromatic nitrogens is 1. The summed E-state index contributed by atoms with van der Waals surface area (Å²) >= 11 is 0. The van der Waals surface area contributed by atoms with Gasteiger partial charge in [-0.15, -0.1) is 0 Å².